The minimum absolute atomic E-state index is 0.125. The smallest absolute Gasteiger partial charge is 0.338 e. The largest absolute Gasteiger partial charge is 0.502 e. The first kappa shape index (κ1) is 12.5. The second kappa shape index (κ2) is 5.14. The van der Waals surface area contributed by atoms with E-state index in [-0.39, 0.29) is 17.4 Å². The first-order chi connectivity index (χ1) is 8.60. The Morgan fingerprint density at radius 3 is 3.00 bits per heavy atom. The van der Waals surface area contributed by atoms with Crippen LogP contribution in [0.3, 0.4) is 0 Å². The summed E-state index contributed by atoms with van der Waals surface area (Å²) in [6.45, 7) is 2.09. The van der Waals surface area contributed by atoms with Gasteiger partial charge >= 0.3 is 5.97 Å². The number of rotatable bonds is 4. The highest BCUT2D eigenvalue weighted by molar-refractivity contribution is 7.80. The molecule has 1 aromatic heterocycles. The Morgan fingerprint density at radius 2 is 2.33 bits per heavy atom. The van der Waals surface area contributed by atoms with Gasteiger partial charge in [-0.1, -0.05) is 0 Å². The van der Waals surface area contributed by atoms with Gasteiger partial charge in [-0.05, 0) is 37.3 Å². The highest BCUT2D eigenvalue weighted by atomic mass is 32.1. The molecule has 0 aliphatic rings. The Bertz CT molecular complexity index is 606. The van der Waals surface area contributed by atoms with Gasteiger partial charge in [0.25, 0.3) is 0 Å². The predicted octanol–water partition coefficient (Wildman–Crippen LogP) is 2.17. The van der Waals surface area contributed by atoms with Crippen LogP contribution in [0.4, 0.5) is 0 Å². The van der Waals surface area contributed by atoms with Crippen LogP contribution in [0.1, 0.15) is 23.1 Å². The van der Waals surface area contributed by atoms with E-state index in [9.17, 15) is 4.79 Å². The lowest BCUT2D eigenvalue weighted by atomic mass is 10.2. The lowest BCUT2D eigenvalue weighted by Gasteiger charge is -2.00. The van der Waals surface area contributed by atoms with Crippen molar-refractivity contribution in [2.45, 2.75) is 13.3 Å². The molecule has 0 atom stereocenters. The highest BCUT2D eigenvalue weighted by Gasteiger charge is 2.10. The van der Waals surface area contributed by atoms with Gasteiger partial charge < -0.3 is 14.8 Å². The Morgan fingerprint density at radius 1 is 1.56 bits per heavy atom. The molecule has 0 fully saturated rings. The Balaban J connectivity index is 2.33. The zero-order valence-electron chi connectivity index (χ0n) is 9.77. The van der Waals surface area contributed by atoms with Crippen molar-refractivity contribution in [3.63, 3.8) is 0 Å². The summed E-state index contributed by atoms with van der Waals surface area (Å²) in [5, 5.41) is 8.92. The predicted molar refractivity (Wildman–Crippen MR) is 71.0 cm³/mol. The van der Waals surface area contributed by atoms with Crippen LogP contribution >= 0.6 is 12.2 Å². The standard InChI is InChI=1S/C12H12N2O3S/c1-2-17-12(16)7-3-4-8-9(5-7)14-10(13-8)6-11(15)18/h3-5H,2,6H2,1H3,(H,13,14)(H,15,18). The van der Waals surface area contributed by atoms with E-state index < -0.39 is 0 Å². The number of aromatic amines is 1. The van der Waals surface area contributed by atoms with E-state index in [0.717, 1.165) is 0 Å². The summed E-state index contributed by atoms with van der Waals surface area (Å²) < 4.78 is 4.91. The van der Waals surface area contributed by atoms with Crippen LogP contribution in [0.15, 0.2) is 18.2 Å². The van der Waals surface area contributed by atoms with Crippen LogP contribution in [-0.4, -0.2) is 32.7 Å². The van der Waals surface area contributed by atoms with Crippen molar-refractivity contribution in [2.24, 2.45) is 0 Å². The van der Waals surface area contributed by atoms with E-state index >= 15 is 0 Å². The summed E-state index contributed by atoms with van der Waals surface area (Å²) in [5.41, 5.74) is 1.90. The summed E-state index contributed by atoms with van der Waals surface area (Å²) >= 11 is 4.61. The average Bonchev–Trinajstić information content (AvgIpc) is 2.69. The number of carbonyl (C=O) groups is 1. The number of H-pyrrole nitrogens is 1. The number of imidazole rings is 1. The SMILES string of the molecule is CCOC(=O)c1ccc2nc(CC(O)=S)[nH]c2c1. The number of ether oxygens (including phenoxy) is 1. The molecule has 2 N–H and O–H groups in total. The third-order valence-electron chi connectivity index (χ3n) is 2.36. The number of carbonyl (C=O) groups excluding carboxylic acids is 1. The molecule has 0 saturated carbocycles. The molecule has 2 rings (SSSR count). The number of aromatic nitrogens is 2. The van der Waals surface area contributed by atoms with Gasteiger partial charge in [0.2, 0.25) is 0 Å². The van der Waals surface area contributed by atoms with E-state index in [2.05, 4.69) is 22.2 Å². The number of aliphatic hydroxyl groups excluding tert-OH is 1. The van der Waals surface area contributed by atoms with E-state index in [1.807, 2.05) is 0 Å². The number of fused-ring (bicyclic) bond motifs is 1. The second-order valence-corrected chi connectivity index (χ2v) is 4.18. The third-order valence-corrected chi connectivity index (χ3v) is 2.51. The van der Waals surface area contributed by atoms with Gasteiger partial charge in [-0.25, -0.2) is 9.78 Å². The molecular weight excluding hydrogens is 252 g/mol. The van der Waals surface area contributed by atoms with Crippen LogP contribution in [0.2, 0.25) is 0 Å². The Labute approximate surface area is 109 Å². The average molecular weight is 264 g/mol. The molecule has 0 bridgehead atoms. The molecule has 2 aromatic rings. The summed E-state index contributed by atoms with van der Waals surface area (Å²) in [7, 11) is 0. The molecule has 18 heavy (non-hydrogen) atoms. The van der Waals surface area contributed by atoms with E-state index in [0.29, 0.717) is 29.0 Å². The van der Waals surface area contributed by atoms with Crippen molar-refractivity contribution in [3.8, 4) is 0 Å². The van der Waals surface area contributed by atoms with Gasteiger partial charge in [-0.2, -0.15) is 0 Å². The molecule has 1 aromatic carbocycles. The summed E-state index contributed by atoms with van der Waals surface area (Å²) in [4.78, 5) is 18.8. The number of hydrogen-bond acceptors (Lipinski definition) is 4. The number of benzene rings is 1. The van der Waals surface area contributed by atoms with Gasteiger partial charge in [0.1, 0.15) is 5.82 Å². The maximum atomic E-state index is 11.6. The van der Waals surface area contributed by atoms with E-state index in [4.69, 9.17) is 9.84 Å². The van der Waals surface area contributed by atoms with Gasteiger partial charge in [-0.15, -0.1) is 0 Å². The zero-order valence-corrected chi connectivity index (χ0v) is 10.6. The number of esters is 1. The summed E-state index contributed by atoms with van der Waals surface area (Å²) in [6.07, 6.45) is 0.193. The quantitative estimate of drug-likeness (QED) is 0.654. The van der Waals surface area contributed by atoms with Crippen molar-refractivity contribution in [3.05, 3.63) is 29.6 Å². The fourth-order valence-electron chi connectivity index (χ4n) is 1.63. The molecule has 5 nitrogen and oxygen atoms in total. The van der Waals surface area contributed by atoms with Gasteiger partial charge in [-0.3, -0.25) is 0 Å². The fraction of sp³-hybridized carbons (Fsp3) is 0.250. The maximum absolute atomic E-state index is 11.6. The number of aliphatic hydroxyl groups is 1. The lowest BCUT2D eigenvalue weighted by molar-refractivity contribution is 0.0526. The van der Waals surface area contributed by atoms with E-state index in [1.165, 1.54) is 0 Å². The first-order valence-corrected chi connectivity index (χ1v) is 5.88. The molecular formula is C12H12N2O3S. The van der Waals surface area contributed by atoms with Crippen LogP contribution in [0.5, 0.6) is 0 Å². The fourth-order valence-corrected chi connectivity index (χ4v) is 1.77. The van der Waals surface area contributed by atoms with Crippen LogP contribution in [0, 0.1) is 0 Å². The number of hydrogen-bond donors (Lipinski definition) is 2. The van der Waals surface area contributed by atoms with Gasteiger partial charge in [0.15, 0.2) is 5.05 Å². The number of thiocarbonyl (C=S) groups is 1. The highest BCUT2D eigenvalue weighted by Crippen LogP contribution is 2.15. The number of nitrogens with one attached hydrogen (secondary N) is 1. The molecule has 0 radical (unpaired) electrons. The van der Waals surface area contributed by atoms with Crippen molar-refractivity contribution < 1.29 is 14.6 Å². The van der Waals surface area contributed by atoms with Crippen molar-refractivity contribution >= 4 is 34.3 Å². The summed E-state index contributed by atoms with van der Waals surface area (Å²) in [5.74, 6) is 0.201. The second-order valence-electron chi connectivity index (χ2n) is 3.71. The van der Waals surface area contributed by atoms with Crippen molar-refractivity contribution in [1.29, 1.82) is 0 Å². The summed E-state index contributed by atoms with van der Waals surface area (Å²) in [6, 6.07) is 5.05. The molecule has 0 aliphatic heterocycles. The molecule has 6 heteroatoms. The molecule has 0 aliphatic carbocycles. The van der Waals surface area contributed by atoms with Crippen LogP contribution in [-0.2, 0) is 11.2 Å². The topological polar surface area (TPSA) is 75.2 Å². The molecule has 0 spiro atoms. The lowest BCUT2D eigenvalue weighted by Crippen LogP contribution is -2.04. The third kappa shape index (κ3) is 2.65. The van der Waals surface area contributed by atoms with Gasteiger partial charge in [0, 0.05) is 0 Å². The first-order valence-electron chi connectivity index (χ1n) is 5.47. The zero-order chi connectivity index (χ0) is 13.1. The minimum Gasteiger partial charge on any atom is -0.502 e. The normalized spacial score (nSPS) is 10.5. The maximum Gasteiger partial charge on any atom is 0.338 e. The van der Waals surface area contributed by atoms with Crippen LogP contribution in [0.25, 0.3) is 11.0 Å². The Hall–Kier alpha value is -1.95. The molecule has 0 amide bonds. The minimum atomic E-state index is -0.367. The van der Waals surface area contributed by atoms with Crippen molar-refractivity contribution in [2.75, 3.05) is 6.61 Å². The van der Waals surface area contributed by atoms with Crippen LogP contribution < -0.4 is 0 Å². The van der Waals surface area contributed by atoms with Crippen molar-refractivity contribution in [1.82, 2.24) is 9.97 Å². The molecule has 0 saturated heterocycles. The Kier molecular flexibility index (Phi) is 3.57. The monoisotopic (exact) mass is 264 g/mol. The molecule has 94 valence electrons. The number of nitrogens with zero attached hydrogens (tertiary/aromatic N) is 1. The van der Waals surface area contributed by atoms with Gasteiger partial charge in [0.05, 0.1) is 29.6 Å². The molecule has 0 unspecified atom stereocenters. The molecule has 1 heterocycles. The van der Waals surface area contributed by atoms with E-state index in [1.54, 1.807) is 25.1 Å².